The van der Waals surface area contributed by atoms with Crippen molar-refractivity contribution in [3.63, 3.8) is 0 Å². The van der Waals surface area contributed by atoms with Crippen LogP contribution in [0.3, 0.4) is 0 Å². The normalized spacial score (nSPS) is 13.1. The van der Waals surface area contributed by atoms with E-state index in [1.165, 1.54) is 11.0 Å². The van der Waals surface area contributed by atoms with Crippen molar-refractivity contribution < 1.29 is 19.1 Å². The first-order chi connectivity index (χ1) is 12.6. The smallest absolute Gasteiger partial charge is 0.265 e. The second-order valence-electron chi connectivity index (χ2n) is 5.52. The predicted molar refractivity (Wildman–Crippen MR) is 96.1 cm³/mol. The lowest BCUT2D eigenvalue weighted by Gasteiger charge is -2.28. The number of ether oxygens (including phenoxy) is 1. The van der Waals surface area contributed by atoms with E-state index in [4.69, 9.17) is 4.74 Å². The molecule has 2 aromatic carbocycles. The number of anilines is 1. The van der Waals surface area contributed by atoms with E-state index in [0.29, 0.717) is 11.4 Å². The van der Waals surface area contributed by atoms with Gasteiger partial charge in [-0.05, 0) is 23.8 Å². The fourth-order valence-electron chi connectivity index (χ4n) is 2.42. The number of amides is 3. The number of benzene rings is 2. The molecule has 7 heteroatoms. The van der Waals surface area contributed by atoms with Crippen LogP contribution in [-0.4, -0.2) is 30.9 Å². The number of carbonyl (C=O) groups excluding carboxylic acids is 3. The van der Waals surface area contributed by atoms with Gasteiger partial charge < -0.3 is 4.74 Å². The van der Waals surface area contributed by atoms with Gasteiger partial charge in [0, 0.05) is 6.08 Å². The van der Waals surface area contributed by atoms with E-state index in [0.717, 1.165) is 5.56 Å². The van der Waals surface area contributed by atoms with E-state index in [2.05, 4.69) is 10.9 Å². The zero-order chi connectivity index (χ0) is 18.4. The van der Waals surface area contributed by atoms with Crippen LogP contribution in [0.2, 0.25) is 0 Å². The maximum absolute atomic E-state index is 12.1. The Morgan fingerprint density at radius 2 is 1.77 bits per heavy atom. The van der Waals surface area contributed by atoms with Crippen molar-refractivity contribution in [1.82, 2.24) is 10.9 Å². The highest BCUT2D eigenvalue weighted by atomic mass is 16.5. The van der Waals surface area contributed by atoms with E-state index in [9.17, 15) is 14.4 Å². The van der Waals surface area contributed by atoms with Gasteiger partial charge in [-0.25, -0.2) is 0 Å². The van der Waals surface area contributed by atoms with E-state index in [1.807, 2.05) is 30.3 Å². The number of hydrogen-bond acceptors (Lipinski definition) is 4. The van der Waals surface area contributed by atoms with Crippen LogP contribution in [0.25, 0.3) is 6.08 Å². The molecule has 1 aliphatic rings. The van der Waals surface area contributed by atoms with E-state index in [1.54, 1.807) is 30.3 Å². The van der Waals surface area contributed by atoms with Crippen LogP contribution < -0.4 is 20.5 Å². The van der Waals surface area contributed by atoms with Gasteiger partial charge in [0.15, 0.2) is 6.61 Å². The first-order valence-corrected chi connectivity index (χ1v) is 7.97. The average Bonchev–Trinajstić information content (AvgIpc) is 2.68. The zero-order valence-corrected chi connectivity index (χ0v) is 13.8. The molecule has 0 atom stereocenters. The standard InChI is InChI=1S/C19H17N3O4/c23-17(11-10-14-6-2-1-3-7-14)20-21-18(24)12-22-15-8-4-5-9-16(15)26-13-19(22)25/h1-11H,12-13H2,(H,20,23)(H,21,24)/b11-10+. The summed E-state index contributed by atoms with van der Waals surface area (Å²) < 4.78 is 5.32. The number of nitrogens with one attached hydrogen (secondary N) is 2. The minimum absolute atomic E-state index is 0.129. The fourth-order valence-corrected chi connectivity index (χ4v) is 2.42. The summed E-state index contributed by atoms with van der Waals surface area (Å²) in [6, 6.07) is 16.3. The number of nitrogens with zero attached hydrogens (tertiary/aromatic N) is 1. The molecule has 1 aliphatic heterocycles. The molecule has 0 unspecified atom stereocenters. The lowest BCUT2D eigenvalue weighted by Crippen LogP contribution is -2.49. The lowest BCUT2D eigenvalue weighted by molar-refractivity contribution is -0.127. The third-order valence-electron chi connectivity index (χ3n) is 3.66. The molecule has 0 radical (unpaired) electrons. The predicted octanol–water partition coefficient (Wildman–Crippen LogP) is 1.27. The van der Waals surface area contributed by atoms with E-state index >= 15 is 0 Å². The molecule has 0 saturated heterocycles. The number of hydrazine groups is 1. The monoisotopic (exact) mass is 351 g/mol. The molecule has 1 heterocycles. The summed E-state index contributed by atoms with van der Waals surface area (Å²) in [5.74, 6) is -0.781. The summed E-state index contributed by atoms with van der Waals surface area (Å²) >= 11 is 0. The van der Waals surface area contributed by atoms with Crippen molar-refractivity contribution in [2.24, 2.45) is 0 Å². The quantitative estimate of drug-likeness (QED) is 0.641. The maximum Gasteiger partial charge on any atom is 0.265 e. The Morgan fingerprint density at radius 1 is 1.04 bits per heavy atom. The summed E-state index contributed by atoms with van der Waals surface area (Å²) in [4.78, 5) is 37.2. The molecule has 2 aromatic rings. The Kier molecular flexibility index (Phi) is 5.28. The van der Waals surface area contributed by atoms with Crippen LogP contribution in [0.15, 0.2) is 60.7 Å². The second-order valence-corrected chi connectivity index (χ2v) is 5.52. The Balaban J connectivity index is 1.54. The Labute approximate surface area is 150 Å². The van der Waals surface area contributed by atoms with Crippen molar-refractivity contribution in [1.29, 1.82) is 0 Å². The van der Waals surface area contributed by atoms with Crippen molar-refractivity contribution in [3.05, 3.63) is 66.2 Å². The van der Waals surface area contributed by atoms with Gasteiger partial charge in [0.25, 0.3) is 17.7 Å². The van der Waals surface area contributed by atoms with Gasteiger partial charge >= 0.3 is 0 Å². The van der Waals surface area contributed by atoms with Crippen molar-refractivity contribution in [2.45, 2.75) is 0 Å². The van der Waals surface area contributed by atoms with Gasteiger partial charge in [-0.15, -0.1) is 0 Å². The molecule has 0 aromatic heterocycles. The van der Waals surface area contributed by atoms with Crippen LogP contribution in [0.1, 0.15) is 5.56 Å². The topological polar surface area (TPSA) is 87.7 Å². The minimum atomic E-state index is -0.517. The first-order valence-electron chi connectivity index (χ1n) is 7.97. The van der Waals surface area contributed by atoms with Crippen LogP contribution in [-0.2, 0) is 14.4 Å². The minimum Gasteiger partial charge on any atom is -0.482 e. The first kappa shape index (κ1) is 17.2. The van der Waals surface area contributed by atoms with Gasteiger partial charge in [-0.1, -0.05) is 42.5 Å². The fraction of sp³-hybridized carbons (Fsp3) is 0.105. The largest absolute Gasteiger partial charge is 0.482 e. The summed E-state index contributed by atoms with van der Waals surface area (Å²) in [5, 5.41) is 0. The summed E-state index contributed by atoms with van der Waals surface area (Å²) in [5.41, 5.74) is 5.97. The lowest BCUT2D eigenvalue weighted by atomic mass is 10.2. The second kappa shape index (κ2) is 7.98. The molecular formula is C19H17N3O4. The highest BCUT2D eigenvalue weighted by Gasteiger charge is 2.26. The van der Waals surface area contributed by atoms with Crippen LogP contribution >= 0.6 is 0 Å². The van der Waals surface area contributed by atoms with Crippen molar-refractivity contribution in [2.75, 3.05) is 18.1 Å². The molecule has 2 N–H and O–H groups in total. The summed E-state index contributed by atoms with van der Waals surface area (Å²) in [7, 11) is 0. The Hall–Kier alpha value is -3.61. The number of para-hydroxylation sites is 2. The average molecular weight is 351 g/mol. The molecule has 0 fully saturated rings. The van der Waals surface area contributed by atoms with Crippen molar-refractivity contribution >= 4 is 29.5 Å². The summed E-state index contributed by atoms with van der Waals surface area (Å²) in [6.07, 6.45) is 2.94. The number of rotatable bonds is 4. The molecule has 7 nitrogen and oxygen atoms in total. The van der Waals surface area contributed by atoms with Crippen molar-refractivity contribution in [3.8, 4) is 5.75 Å². The third-order valence-corrected chi connectivity index (χ3v) is 3.66. The van der Waals surface area contributed by atoms with Gasteiger partial charge in [0.05, 0.1) is 5.69 Å². The molecule has 0 spiro atoms. The molecule has 132 valence electrons. The number of hydrogen-bond donors (Lipinski definition) is 2. The Morgan fingerprint density at radius 3 is 2.58 bits per heavy atom. The number of carbonyl (C=O) groups is 3. The van der Waals surface area contributed by atoms with Gasteiger partial charge in [0.2, 0.25) is 0 Å². The van der Waals surface area contributed by atoms with Gasteiger partial charge in [-0.3, -0.25) is 30.1 Å². The SMILES string of the molecule is O=C(/C=C/c1ccccc1)NNC(=O)CN1C(=O)COc2ccccc21. The molecular weight excluding hydrogens is 334 g/mol. The Bertz CT molecular complexity index is 849. The molecule has 3 rings (SSSR count). The van der Waals surface area contributed by atoms with Crippen LogP contribution in [0, 0.1) is 0 Å². The molecule has 26 heavy (non-hydrogen) atoms. The van der Waals surface area contributed by atoms with Crippen LogP contribution in [0.5, 0.6) is 5.75 Å². The highest BCUT2D eigenvalue weighted by Crippen LogP contribution is 2.30. The summed E-state index contributed by atoms with van der Waals surface area (Å²) in [6.45, 7) is -0.349. The zero-order valence-electron chi connectivity index (χ0n) is 13.8. The van der Waals surface area contributed by atoms with Gasteiger partial charge in [0.1, 0.15) is 12.3 Å². The van der Waals surface area contributed by atoms with E-state index < -0.39 is 11.8 Å². The maximum atomic E-state index is 12.1. The van der Waals surface area contributed by atoms with Gasteiger partial charge in [-0.2, -0.15) is 0 Å². The molecule has 0 saturated carbocycles. The highest BCUT2D eigenvalue weighted by molar-refractivity contribution is 6.02. The number of fused-ring (bicyclic) bond motifs is 1. The van der Waals surface area contributed by atoms with E-state index in [-0.39, 0.29) is 19.1 Å². The third kappa shape index (κ3) is 4.27. The van der Waals surface area contributed by atoms with Crippen LogP contribution in [0.4, 0.5) is 5.69 Å². The molecule has 0 aliphatic carbocycles. The molecule has 3 amide bonds. The molecule has 0 bridgehead atoms.